The van der Waals surface area contributed by atoms with Crippen LogP contribution in [0.25, 0.3) is 0 Å². The molecule has 0 radical (unpaired) electrons. The standard InChI is InChI=1S/C19H27N5O2/c1-18(2,3)26-15(25)13-8-7-9-14(12-13)24-17(21)22-16(20)23-19(24)10-5-4-6-11-19/h7-9,12H,4-6,10-11H2,1-3H3,(H4,20,21,22,23). The van der Waals surface area contributed by atoms with Crippen molar-refractivity contribution < 1.29 is 9.53 Å². The van der Waals surface area contributed by atoms with Gasteiger partial charge in [-0.25, -0.2) is 9.79 Å². The number of benzene rings is 1. The molecule has 1 saturated carbocycles. The zero-order valence-corrected chi connectivity index (χ0v) is 15.7. The van der Waals surface area contributed by atoms with Crippen molar-refractivity contribution in [2.24, 2.45) is 21.5 Å². The Morgan fingerprint density at radius 3 is 2.54 bits per heavy atom. The summed E-state index contributed by atoms with van der Waals surface area (Å²) in [6.45, 7) is 5.54. The van der Waals surface area contributed by atoms with Crippen LogP contribution in [-0.2, 0) is 4.74 Å². The number of nitrogens with zero attached hydrogens (tertiary/aromatic N) is 3. The second-order valence-electron chi connectivity index (χ2n) is 7.87. The van der Waals surface area contributed by atoms with Crippen LogP contribution in [0.15, 0.2) is 34.3 Å². The van der Waals surface area contributed by atoms with Gasteiger partial charge < -0.3 is 16.2 Å². The third-order valence-corrected chi connectivity index (χ3v) is 4.59. The first kappa shape index (κ1) is 18.2. The molecule has 26 heavy (non-hydrogen) atoms. The molecule has 1 spiro atoms. The molecule has 3 rings (SSSR count). The second-order valence-corrected chi connectivity index (χ2v) is 7.87. The topological polar surface area (TPSA) is 106 Å². The molecule has 0 bridgehead atoms. The number of hydrogen-bond acceptors (Lipinski definition) is 7. The van der Waals surface area contributed by atoms with E-state index < -0.39 is 11.3 Å². The average molecular weight is 357 g/mol. The van der Waals surface area contributed by atoms with Crippen molar-refractivity contribution in [3.63, 3.8) is 0 Å². The van der Waals surface area contributed by atoms with E-state index in [0.717, 1.165) is 31.4 Å². The van der Waals surface area contributed by atoms with Crippen LogP contribution in [-0.4, -0.2) is 29.2 Å². The molecule has 2 aliphatic rings. The van der Waals surface area contributed by atoms with Crippen LogP contribution < -0.4 is 16.4 Å². The molecule has 0 saturated heterocycles. The molecule has 1 aliphatic heterocycles. The largest absolute Gasteiger partial charge is 0.456 e. The molecule has 0 amide bonds. The van der Waals surface area contributed by atoms with Crippen molar-refractivity contribution in [1.29, 1.82) is 0 Å². The van der Waals surface area contributed by atoms with Gasteiger partial charge in [-0.05, 0) is 64.7 Å². The molecular weight excluding hydrogens is 330 g/mol. The Morgan fingerprint density at radius 1 is 1.19 bits per heavy atom. The van der Waals surface area contributed by atoms with Crippen LogP contribution in [0.4, 0.5) is 5.69 Å². The fourth-order valence-corrected chi connectivity index (χ4v) is 3.60. The van der Waals surface area contributed by atoms with E-state index in [-0.39, 0.29) is 11.9 Å². The summed E-state index contributed by atoms with van der Waals surface area (Å²) >= 11 is 0. The molecule has 1 aromatic rings. The van der Waals surface area contributed by atoms with E-state index >= 15 is 0 Å². The van der Waals surface area contributed by atoms with Gasteiger partial charge in [0.05, 0.1) is 5.56 Å². The summed E-state index contributed by atoms with van der Waals surface area (Å²) in [4.78, 5) is 23.2. The molecule has 4 N–H and O–H groups in total. The third kappa shape index (κ3) is 3.66. The Bertz CT molecular complexity index is 757. The third-order valence-electron chi connectivity index (χ3n) is 4.59. The van der Waals surface area contributed by atoms with Gasteiger partial charge >= 0.3 is 5.97 Å². The molecule has 7 heteroatoms. The number of ether oxygens (including phenoxy) is 1. The van der Waals surface area contributed by atoms with Gasteiger partial charge in [-0.3, -0.25) is 4.90 Å². The van der Waals surface area contributed by atoms with Crippen LogP contribution in [0, 0.1) is 0 Å². The highest BCUT2D eigenvalue weighted by atomic mass is 16.6. The Hall–Kier alpha value is -2.57. The van der Waals surface area contributed by atoms with Crippen LogP contribution in [0.3, 0.4) is 0 Å². The lowest BCUT2D eigenvalue weighted by atomic mass is 9.87. The summed E-state index contributed by atoms with van der Waals surface area (Å²) in [5, 5.41) is 0. The molecular formula is C19H27N5O2. The molecule has 140 valence electrons. The molecule has 1 aliphatic carbocycles. The number of rotatable bonds is 2. The molecule has 0 atom stereocenters. The van der Waals surface area contributed by atoms with Gasteiger partial charge in [0.15, 0.2) is 0 Å². The lowest BCUT2D eigenvalue weighted by Gasteiger charge is -2.45. The fourth-order valence-electron chi connectivity index (χ4n) is 3.60. The average Bonchev–Trinajstić information content (AvgIpc) is 2.53. The lowest BCUT2D eigenvalue weighted by Crippen LogP contribution is -2.58. The smallest absolute Gasteiger partial charge is 0.338 e. The van der Waals surface area contributed by atoms with E-state index in [9.17, 15) is 4.79 Å². The number of esters is 1. The minimum absolute atomic E-state index is 0.212. The highest BCUT2D eigenvalue weighted by Gasteiger charge is 2.42. The van der Waals surface area contributed by atoms with E-state index in [4.69, 9.17) is 16.2 Å². The number of nitrogens with two attached hydrogens (primary N) is 2. The van der Waals surface area contributed by atoms with Crippen molar-refractivity contribution in [2.45, 2.75) is 64.1 Å². The number of anilines is 1. The highest BCUT2D eigenvalue weighted by Crippen LogP contribution is 2.39. The molecule has 0 unspecified atom stereocenters. The molecule has 0 aromatic heterocycles. The Morgan fingerprint density at radius 2 is 1.88 bits per heavy atom. The van der Waals surface area contributed by atoms with Crippen molar-refractivity contribution in [1.82, 2.24) is 0 Å². The highest BCUT2D eigenvalue weighted by molar-refractivity contribution is 6.06. The van der Waals surface area contributed by atoms with Crippen molar-refractivity contribution in [3.05, 3.63) is 29.8 Å². The molecule has 1 aromatic carbocycles. The number of carbonyl (C=O) groups excluding carboxylic acids is 1. The maximum atomic E-state index is 12.4. The van der Waals surface area contributed by atoms with Gasteiger partial charge in [-0.15, -0.1) is 0 Å². The van der Waals surface area contributed by atoms with Crippen molar-refractivity contribution in [2.75, 3.05) is 4.90 Å². The van der Waals surface area contributed by atoms with Crippen molar-refractivity contribution >= 4 is 23.6 Å². The predicted octanol–water partition coefficient (Wildman–Crippen LogP) is 2.75. The van der Waals surface area contributed by atoms with E-state index in [1.54, 1.807) is 12.1 Å². The number of hydrogen-bond donors (Lipinski definition) is 2. The normalized spacial score (nSPS) is 19.7. The fraction of sp³-hybridized carbons (Fsp3) is 0.526. The number of carbonyl (C=O) groups is 1. The first-order valence-electron chi connectivity index (χ1n) is 9.03. The molecule has 7 nitrogen and oxygen atoms in total. The van der Waals surface area contributed by atoms with E-state index in [0.29, 0.717) is 11.5 Å². The number of guanidine groups is 2. The SMILES string of the molecule is CC(C)(C)OC(=O)c1cccc(N2C(N)=NC(N)=NC23CCCCC3)c1. The summed E-state index contributed by atoms with van der Waals surface area (Å²) in [6.07, 6.45) is 4.96. The quantitative estimate of drug-likeness (QED) is 0.792. The van der Waals surface area contributed by atoms with Crippen LogP contribution in [0.5, 0.6) is 0 Å². The van der Waals surface area contributed by atoms with Gasteiger partial charge in [0.2, 0.25) is 11.9 Å². The van der Waals surface area contributed by atoms with Gasteiger partial charge in [0.25, 0.3) is 0 Å². The first-order chi connectivity index (χ1) is 12.2. The zero-order valence-electron chi connectivity index (χ0n) is 15.7. The van der Waals surface area contributed by atoms with Gasteiger partial charge in [0.1, 0.15) is 11.3 Å². The summed E-state index contributed by atoms with van der Waals surface area (Å²) in [7, 11) is 0. The van der Waals surface area contributed by atoms with E-state index in [2.05, 4.69) is 9.98 Å². The molecule has 1 heterocycles. The van der Waals surface area contributed by atoms with E-state index in [1.165, 1.54) is 6.42 Å². The minimum Gasteiger partial charge on any atom is -0.456 e. The second kappa shape index (κ2) is 6.63. The summed E-state index contributed by atoms with van der Waals surface area (Å²) in [6, 6.07) is 7.24. The van der Waals surface area contributed by atoms with Crippen LogP contribution in [0.2, 0.25) is 0 Å². The monoisotopic (exact) mass is 357 g/mol. The zero-order chi connectivity index (χ0) is 18.9. The minimum atomic E-state index is -0.554. The summed E-state index contributed by atoms with van der Waals surface area (Å²) < 4.78 is 5.48. The van der Waals surface area contributed by atoms with E-state index in [1.807, 2.05) is 37.8 Å². The predicted molar refractivity (Wildman–Crippen MR) is 103 cm³/mol. The molecule has 1 fully saturated rings. The Labute approximate surface area is 154 Å². The Balaban J connectivity index is 1.98. The van der Waals surface area contributed by atoms with Gasteiger partial charge in [-0.2, -0.15) is 4.99 Å². The maximum Gasteiger partial charge on any atom is 0.338 e. The summed E-state index contributed by atoms with van der Waals surface area (Å²) in [5.74, 6) is 0.150. The number of aliphatic imine (C=N–C) groups is 2. The first-order valence-corrected chi connectivity index (χ1v) is 9.03. The van der Waals surface area contributed by atoms with Gasteiger partial charge in [0, 0.05) is 5.69 Å². The lowest BCUT2D eigenvalue weighted by molar-refractivity contribution is 0.00695. The van der Waals surface area contributed by atoms with Gasteiger partial charge in [-0.1, -0.05) is 12.5 Å². The maximum absolute atomic E-state index is 12.4. The van der Waals surface area contributed by atoms with Crippen molar-refractivity contribution in [3.8, 4) is 0 Å². The van der Waals surface area contributed by atoms with Crippen LogP contribution >= 0.6 is 0 Å². The summed E-state index contributed by atoms with van der Waals surface area (Å²) in [5.41, 5.74) is 12.3. The van der Waals surface area contributed by atoms with Crippen LogP contribution in [0.1, 0.15) is 63.2 Å². The Kier molecular flexibility index (Phi) is 4.64.